The average Bonchev–Trinajstić information content (AvgIpc) is 2.95. The van der Waals surface area contributed by atoms with Crippen LogP contribution in [0.2, 0.25) is 0 Å². The number of fused-ring (bicyclic) bond motifs is 5. The lowest BCUT2D eigenvalue weighted by atomic mass is 9.73. The Kier molecular flexibility index (Phi) is 5.90. The minimum Gasteiger partial charge on any atom is -0.497 e. The molecule has 2 N–H and O–H groups in total. The molecule has 36 heavy (non-hydrogen) atoms. The van der Waals surface area contributed by atoms with Crippen LogP contribution in [0.5, 0.6) is 5.75 Å². The predicted molar refractivity (Wildman–Crippen MR) is 144 cm³/mol. The summed E-state index contributed by atoms with van der Waals surface area (Å²) in [6.07, 6.45) is 5.39. The van der Waals surface area contributed by atoms with Crippen LogP contribution >= 0.6 is 0 Å². The molecule has 3 saturated heterocycles. The Morgan fingerprint density at radius 2 is 2.03 bits per heavy atom. The molecule has 3 fully saturated rings. The van der Waals surface area contributed by atoms with Crippen molar-refractivity contribution >= 4 is 27.8 Å². The molecule has 0 amide bonds. The summed E-state index contributed by atoms with van der Waals surface area (Å²) in [5, 5.41) is 17.2. The van der Waals surface area contributed by atoms with E-state index >= 15 is 0 Å². The summed E-state index contributed by atoms with van der Waals surface area (Å²) in [6, 6.07) is 19.0. The number of anilines is 1. The maximum atomic E-state index is 13.9. The highest BCUT2D eigenvalue weighted by Gasteiger charge is 2.43. The van der Waals surface area contributed by atoms with Crippen molar-refractivity contribution in [3.05, 3.63) is 90.5 Å². The van der Waals surface area contributed by atoms with Gasteiger partial charge in [-0.2, -0.15) is 0 Å². The largest absolute Gasteiger partial charge is 0.497 e. The molecule has 3 unspecified atom stereocenters. The van der Waals surface area contributed by atoms with Crippen LogP contribution in [0.4, 0.5) is 5.69 Å². The van der Waals surface area contributed by atoms with Gasteiger partial charge >= 0.3 is 0 Å². The van der Waals surface area contributed by atoms with Crippen molar-refractivity contribution in [1.29, 1.82) is 0 Å². The van der Waals surface area contributed by atoms with Crippen LogP contribution in [0.25, 0.3) is 16.3 Å². The van der Waals surface area contributed by atoms with E-state index in [1.807, 2.05) is 66.7 Å². The van der Waals surface area contributed by atoms with Gasteiger partial charge in [0.15, 0.2) is 5.78 Å². The number of rotatable bonds is 6. The van der Waals surface area contributed by atoms with Crippen LogP contribution in [0.15, 0.2) is 79.4 Å². The van der Waals surface area contributed by atoms with E-state index in [2.05, 4.69) is 22.9 Å². The number of Topliss-reactive ketones (excluding diaryl/α,β-unsaturated/α-hetero) is 1. The van der Waals surface area contributed by atoms with Crippen LogP contribution in [-0.4, -0.2) is 54.2 Å². The maximum Gasteiger partial charge on any atom is 0.189 e. The molecule has 0 radical (unpaired) electrons. The van der Waals surface area contributed by atoms with E-state index in [4.69, 9.17) is 4.74 Å². The number of methoxy groups -OCH3 is 1. The zero-order chi connectivity index (χ0) is 24.8. The lowest BCUT2D eigenvalue weighted by Crippen LogP contribution is -2.57. The molecule has 5 nitrogen and oxygen atoms in total. The fraction of sp³-hybridized carbons (Fsp3) is 0.323. The lowest BCUT2D eigenvalue weighted by molar-refractivity contribution is -0.0254. The molecule has 0 saturated carbocycles. The van der Waals surface area contributed by atoms with Gasteiger partial charge in [0.05, 0.1) is 13.2 Å². The summed E-state index contributed by atoms with van der Waals surface area (Å²) in [7, 11) is 1.64. The molecule has 184 valence electrons. The van der Waals surface area contributed by atoms with Crippen LogP contribution < -0.4 is 10.1 Å². The Morgan fingerprint density at radius 1 is 1.19 bits per heavy atom. The third kappa shape index (κ3) is 3.83. The van der Waals surface area contributed by atoms with E-state index in [9.17, 15) is 9.90 Å². The molecule has 0 aliphatic carbocycles. The third-order valence-corrected chi connectivity index (χ3v) is 8.37. The van der Waals surface area contributed by atoms with Crippen molar-refractivity contribution in [2.24, 2.45) is 11.8 Å². The van der Waals surface area contributed by atoms with E-state index in [1.165, 1.54) is 0 Å². The highest BCUT2D eigenvalue weighted by atomic mass is 16.5. The second-order valence-electron chi connectivity index (χ2n) is 10.2. The number of ketones is 1. The summed E-state index contributed by atoms with van der Waals surface area (Å²) >= 11 is 0. The van der Waals surface area contributed by atoms with Crippen LogP contribution in [-0.2, 0) is 0 Å². The summed E-state index contributed by atoms with van der Waals surface area (Å²) in [4.78, 5) is 16.3. The first-order valence-electron chi connectivity index (χ1n) is 12.8. The van der Waals surface area contributed by atoms with E-state index in [-0.39, 0.29) is 11.8 Å². The minimum atomic E-state index is -0.700. The number of aliphatic hydroxyl groups is 1. The van der Waals surface area contributed by atoms with Crippen molar-refractivity contribution in [2.75, 3.05) is 25.5 Å². The minimum absolute atomic E-state index is 0.00448. The SMILES string of the molecule is C=C[C@H]1CN2CCC1C[C@H]2[C@H](O)C1=CC(C(=O)c2cccc3ccccc23)Nc2ccc(OC)cc21. The van der Waals surface area contributed by atoms with Gasteiger partial charge in [-0.3, -0.25) is 9.69 Å². The Bertz CT molecular complexity index is 1360. The van der Waals surface area contributed by atoms with E-state index in [0.717, 1.165) is 59.3 Å². The van der Waals surface area contributed by atoms with E-state index in [1.54, 1.807) is 7.11 Å². The molecule has 4 aliphatic heterocycles. The molecule has 4 heterocycles. The predicted octanol–water partition coefficient (Wildman–Crippen LogP) is 5.17. The number of benzene rings is 3. The fourth-order valence-corrected chi connectivity index (χ4v) is 6.41. The summed E-state index contributed by atoms with van der Waals surface area (Å²) in [5.74, 6) is 1.75. The Morgan fingerprint density at radius 3 is 2.81 bits per heavy atom. The van der Waals surface area contributed by atoms with Crippen molar-refractivity contribution in [2.45, 2.75) is 31.0 Å². The summed E-state index contributed by atoms with van der Waals surface area (Å²) < 4.78 is 5.50. The summed E-state index contributed by atoms with van der Waals surface area (Å²) in [6.45, 7) is 5.96. The number of ether oxygens (including phenoxy) is 1. The molecule has 3 aromatic carbocycles. The van der Waals surface area contributed by atoms with Crippen molar-refractivity contribution < 1.29 is 14.6 Å². The molecule has 0 aromatic heterocycles. The number of nitrogens with one attached hydrogen (secondary N) is 1. The van der Waals surface area contributed by atoms with E-state index in [0.29, 0.717) is 17.4 Å². The van der Waals surface area contributed by atoms with Gasteiger partial charge in [-0.15, -0.1) is 6.58 Å². The molecule has 4 aliphatic rings. The standard InChI is InChI=1S/C31H32N2O3/c1-3-19-18-33-14-13-21(19)15-29(33)31(35)26-17-28(32-27-12-11-22(36-2)16-25(26)27)30(34)24-10-6-8-20-7-4-5-9-23(20)24/h3-12,16-17,19,21,28-29,31-32,35H,1,13-15,18H2,2H3/t19-,21?,28?,29-,31+/m0/s1. The van der Waals surface area contributed by atoms with E-state index < -0.39 is 12.1 Å². The van der Waals surface area contributed by atoms with Crippen molar-refractivity contribution in [3.63, 3.8) is 0 Å². The molecule has 2 bridgehead atoms. The van der Waals surface area contributed by atoms with Gasteiger partial charge in [0.25, 0.3) is 0 Å². The number of hydrogen-bond acceptors (Lipinski definition) is 5. The second-order valence-corrected chi connectivity index (χ2v) is 10.2. The zero-order valence-corrected chi connectivity index (χ0v) is 20.6. The topological polar surface area (TPSA) is 61.8 Å². The smallest absolute Gasteiger partial charge is 0.189 e. The van der Waals surface area contributed by atoms with Gasteiger partial charge < -0.3 is 15.2 Å². The maximum absolute atomic E-state index is 13.9. The quantitative estimate of drug-likeness (QED) is 0.377. The summed E-state index contributed by atoms with van der Waals surface area (Å²) in [5.41, 5.74) is 3.22. The molecular weight excluding hydrogens is 448 g/mol. The molecule has 6 atom stereocenters. The fourth-order valence-electron chi connectivity index (χ4n) is 6.41. The first-order chi connectivity index (χ1) is 17.6. The number of piperidine rings is 3. The average molecular weight is 481 g/mol. The van der Waals surface area contributed by atoms with Gasteiger partial charge in [0.1, 0.15) is 11.8 Å². The van der Waals surface area contributed by atoms with Gasteiger partial charge in [0, 0.05) is 29.4 Å². The molecule has 3 aromatic rings. The van der Waals surface area contributed by atoms with Crippen LogP contribution in [0, 0.1) is 11.8 Å². The highest BCUT2D eigenvalue weighted by molar-refractivity contribution is 6.13. The Balaban J connectivity index is 1.39. The molecular formula is C31H32N2O3. The van der Waals surface area contributed by atoms with Crippen LogP contribution in [0.1, 0.15) is 28.8 Å². The molecule has 7 rings (SSSR count). The molecule has 0 spiro atoms. The van der Waals surface area contributed by atoms with Crippen molar-refractivity contribution in [3.8, 4) is 5.75 Å². The number of carbonyl (C=O) groups excluding carboxylic acids is 1. The van der Waals surface area contributed by atoms with Crippen molar-refractivity contribution in [1.82, 2.24) is 4.90 Å². The van der Waals surface area contributed by atoms with Gasteiger partial charge in [-0.05, 0) is 71.8 Å². The highest BCUT2D eigenvalue weighted by Crippen LogP contribution is 2.43. The Hall–Kier alpha value is -3.41. The van der Waals surface area contributed by atoms with Crippen LogP contribution in [0.3, 0.4) is 0 Å². The monoisotopic (exact) mass is 480 g/mol. The number of aliphatic hydroxyl groups excluding tert-OH is 1. The van der Waals surface area contributed by atoms with Gasteiger partial charge in [-0.25, -0.2) is 0 Å². The second kappa shape index (κ2) is 9.23. The first kappa shape index (κ1) is 23.0. The van der Waals surface area contributed by atoms with Gasteiger partial charge in [-0.1, -0.05) is 48.5 Å². The first-order valence-corrected chi connectivity index (χ1v) is 12.8. The van der Waals surface area contributed by atoms with Gasteiger partial charge in [0.2, 0.25) is 0 Å². The molecule has 5 heteroatoms. The normalized spacial score (nSPS) is 27.5. The number of hydrogen-bond donors (Lipinski definition) is 2. The third-order valence-electron chi connectivity index (χ3n) is 8.37. The Labute approximate surface area is 212 Å². The lowest BCUT2D eigenvalue weighted by Gasteiger charge is -2.51. The zero-order valence-electron chi connectivity index (χ0n) is 20.6. The number of nitrogens with zero attached hydrogens (tertiary/aromatic N) is 1. The number of carbonyl (C=O) groups is 1.